The zero-order valence-electron chi connectivity index (χ0n) is 13.1. The molecule has 0 spiro atoms. The van der Waals surface area contributed by atoms with Gasteiger partial charge in [0.2, 0.25) is 0 Å². The van der Waals surface area contributed by atoms with E-state index >= 15 is 0 Å². The van der Waals surface area contributed by atoms with Gasteiger partial charge >= 0.3 is 0 Å². The molecule has 0 aromatic carbocycles. The van der Waals surface area contributed by atoms with Crippen LogP contribution in [-0.2, 0) is 0 Å². The van der Waals surface area contributed by atoms with E-state index in [4.69, 9.17) is 11.6 Å². The number of hydrogen-bond acceptors (Lipinski definition) is 2. The molecule has 0 radical (unpaired) electrons. The van der Waals surface area contributed by atoms with Crippen LogP contribution in [0.3, 0.4) is 0 Å². The first-order valence-electron chi connectivity index (χ1n) is 7.25. The van der Waals surface area contributed by atoms with Gasteiger partial charge in [0.15, 0.2) is 0 Å². The molecule has 2 unspecified atom stereocenters. The zero-order valence-corrected chi connectivity index (χ0v) is 14.7. The largest absolute Gasteiger partial charge is 0.309 e. The maximum absolute atomic E-state index is 6.22. The third kappa shape index (κ3) is 5.09. The van der Waals surface area contributed by atoms with E-state index in [9.17, 15) is 0 Å². The van der Waals surface area contributed by atoms with E-state index in [1.807, 2.05) is 0 Å². The van der Waals surface area contributed by atoms with Gasteiger partial charge in [-0.1, -0.05) is 46.2 Å². The summed E-state index contributed by atoms with van der Waals surface area (Å²) >= 11 is 7.95. The summed E-state index contributed by atoms with van der Waals surface area (Å²) in [6.45, 7) is 14.7. The lowest BCUT2D eigenvalue weighted by Crippen LogP contribution is -2.27. The monoisotopic (exact) mass is 301 g/mol. The lowest BCUT2D eigenvalue weighted by molar-refractivity contribution is 0.224. The fraction of sp³-hybridized carbons (Fsp3) is 0.750. The summed E-state index contributed by atoms with van der Waals surface area (Å²) in [5, 5.41) is 3.68. The highest BCUT2D eigenvalue weighted by Gasteiger charge is 2.25. The van der Waals surface area contributed by atoms with E-state index in [-0.39, 0.29) is 0 Å². The molecule has 1 N–H and O–H groups in total. The molecule has 0 bridgehead atoms. The van der Waals surface area contributed by atoms with Crippen LogP contribution in [0, 0.1) is 18.3 Å². The van der Waals surface area contributed by atoms with E-state index in [2.05, 4.69) is 52.9 Å². The Morgan fingerprint density at radius 2 is 2.00 bits per heavy atom. The molecule has 0 saturated heterocycles. The maximum atomic E-state index is 6.22. The number of aryl methyl sites for hydroxylation is 1. The van der Waals surface area contributed by atoms with Gasteiger partial charge in [0.25, 0.3) is 0 Å². The fourth-order valence-corrected chi connectivity index (χ4v) is 3.29. The average molecular weight is 302 g/mol. The van der Waals surface area contributed by atoms with Crippen molar-refractivity contribution >= 4 is 22.9 Å². The summed E-state index contributed by atoms with van der Waals surface area (Å²) in [5.74, 6) is 0.669. The minimum absolute atomic E-state index is 0.349. The van der Waals surface area contributed by atoms with Crippen molar-refractivity contribution < 1.29 is 0 Å². The highest BCUT2D eigenvalue weighted by molar-refractivity contribution is 7.16. The summed E-state index contributed by atoms with van der Waals surface area (Å²) in [5.41, 5.74) is 1.55. The molecular weight excluding hydrogens is 274 g/mol. The molecule has 0 aliphatic carbocycles. The molecule has 2 atom stereocenters. The number of nitrogens with one attached hydrogen (secondary N) is 1. The Morgan fingerprint density at radius 1 is 1.37 bits per heavy atom. The summed E-state index contributed by atoms with van der Waals surface area (Å²) in [7, 11) is 0. The van der Waals surface area contributed by atoms with Crippen LogP contribution >= 0.6 is 22.9 Å². The molecule has 1 heterocycles. The van der Waals surface area contributed by atoms with Gasteiger partial charge in [-0.3, -0.25) is 0 Å². The number of halogens is 1. The SMILES string of the molecule is CCCNC(CC(C)C(C)(C)C)c1cc(C)c(Cl)s1. The second-order valence-electron chi connectivity index (χ2n) is 6.61. The van der Waals surface area contributed by atoms with Crippen molar-refractivity contribution in [3.05, 3.63) is 20.8 Å². The molecule has 0 fully saturated rings. The van der Waals surface area contributed by atoms with Crippen LogP contribution in [0.4, 0.5) is 0 Å². The molecular formula is C16H28ClNS. The quantitative estimate of drug-likeness (QED) is 0.697. The van der Waals surface area contributed by atoms with Crippen LogP contribution in [0.5, 0.6) is 0 Å². The second-order valence-corrected chi connectivity index (χ2v) is 8.30. The Hall–Kier alpha value is -0.0500. The molecule has 1 aromatic rings. The first kappa shape index (κ1) is 17.0. The standard InChI is InChI=1S/C16H28ClNS/c1-7-8-18-13(10-12(3)16(4,5)6)14-9-11(2)15(17)19-14/h9,12-13,18H,7-8,10H2,1-6H3. The van der Waals surface area contributed by atoms with Crippen molar-refractivity contribution in [1.82, 2.24) is 5.32 Å². The van der Waals surface area contributed by atoms with Crippen LogP contribution < -0.4 is 5.32 Å². The molecule has 0 saturated carbocycles. The van der Waals surface area contributed by atoms with Crippen LogP contribution in [0.1, 0.15) is 63.9 Å². The third-order valence-electron chi connectivity index (χ3n) is 3.93. The van der Waals surface area contributed by atoms with Crippen molar-refractivity contribution in [3.63, 3.8) is 0 Å². The maximum Gasteiger partial charge on any atom is 0.0960 e. The summed E-state index contributed by atoms with van der Waals surface area (Å²) in [6.07, 6.45) is 2.33. The Morgan fingerprint density at radius 3 is 2.42 bits per heavy atom. The zero-order chi connectivity index (χ0) is 14.6. The molecule has 1 rings (SSSR count). The molecule has 1 aromatic heterocycles. The van der Waals surface area contributed by atoms with Crippen molar-refractivity contribution in [2.75, 3.05) is 6.54 Å². The lowest BCUT2D eigenvalue weighted by Gasteiger charge is -2.31. The highest BCUT2D eigenvalue weighted by Crippen LogP contribution is 2.37. The molecule has 0 amide bonds. The summed E-state index contributed by atoms with van der Waals surface area (Å²) in [4.78, 5) is 1.38. The van der Waals surface area contributed by atoms with E-state index in [0.717, 1.165) is 10.9 Å². The van der Waals surface area contributed by atoms with Gasteiger partial charge in [-0.2, -0.15) is 0 Å². The van der Waals surface area contributed by atoms with Gasteiger partial charge in [0.05, 0.1) is 4.34 Å². The third-order valence-corrected chi connectivity index (χ3v) is 5.60. The predicted octanol–water partition coefficient (Wildman–Crippen LogP) is 5.82. The smallest absolute Gasteiger partial charge is 0.0960 e. The normalized spacial score (nSPS) is 15.5. The topological polar surface area (TPSA) is 12.0 Å². The molecule has 0 aliphatic heterocycles. The van der Waals surface area contributed by atoms with Gasteiger partial charge in [-0.05, 0) is 49.3 Å². The van der Waals surface area contributed by atoms with Crippen molar-refractivity contribution in [2.24, 2.45) is 11.3 Å². The van der Waals surface area contributed by atoms with Crippen LogP contribution in [0.2, 0.25) is 4.34 Å². The second kappa shape index (κ2) is 7.10. The van der Waals surface area contributed by atoms with Crippen LogP contribution in [0.15, 0.2) is 6.07 Å². The highest BCUT2D eigenvalue weighted by atomic mass is 35.5. The Labute approximate surface area is 127 Å². The molecule has 0 aliphatic rings. The van der Waals surface area contributed by atoms with E-state index in [0.29, 0.717) is 17.4 Å². The first-order chi connectivity index (χ1) is 8.75. The van der Waals surface area contributed by atoms with E-state index in [1.54, 1.807) is 11.3 Å². The minimum atomic E-state index is 0.349. The van der Waals surface area contributed by atoms with Crippen LogP contribution in [-0.4, -0.2) is 6.54 Å². The van der Waals surface area contributed by atoms with Crippen LogP contribution in [0.25, 0.3) is 0 Å². The molecule has 19 heavy (non-hydrogen) atoms. The van der Waals surface area contributed by atoms with Crippen molar-refractivity contribution in [3.8, 4) is 0 Å². The Kier molecular flexibility index (Phi) is 6.35. The van der Waals surface area contributed by atoms with Crippen molar-refractivity contribution in [2.45, 2.75) is 60.4 Å². The lowest BCUT2D eigenvalue weighted by atomic mass is 9.78. The Bertz CT molecular complexity index is 372. The predicted molar refractivity (Wildman–Crippen MR) is 88.3 cm³/mol. The molecule has 1 nitrogen and oxygen atoms in total. The van der Waals surface area contributed by atoms with Gasteiger partial charge in [0, 0.05) is 10.9 Å². The van der Waals surface area contributed by atoms with Gasteiger partial charge < -0.3 is 5.32 Å². The van der Waals surface area contributed by atoms with Gasteiger partial charge in [-0.25, -0.2) is 0 Å². The fourth-order valence-electron chi connectivity index (χ4n) is 1.98. The number of hydrogen-bond donors (Lipinski definition) is 1. The molecule has 3 heteroatoms. The number of rotatable bonds is 6. The Balaban J connectivity index is 2.82. The summed E-state index contributed by atoms with van der Waals surface area (Å²) < 4.78 is 0.932. The summed E-state index contributed by atoms with van der Waals surface area (Å²) in [6, 6.07) is 2.68. The van der Waals surface area contributed by atoms with Gasteiger partial charge in [0.1, 0.15) is 0 Å². The minimum Gasteiger partial charge on any atom is -0.309 e. The first-order valence-corrected chi connectivity index (χ1v) is 8.44. The number of thiophene rings is 1. The van der Waals surface area contributed by atoms with E-state index in [1.165, 1.54) is 23.3 Å². The average Bonchev–Trinajstić information content (AvgIpc) is 2.63. The van der Waals surface area contributed by atoms with E-state index < -0.39 is 0 Å². The van der Waals surface area contributed by atoms with Gasteiger partial charge in [-0.15, -0.1) is 11.3 Å². The molecule has 110 valence electrons. The van der Waals surface area contributed by atoms with Crippen molar-refractivity contribution in [1.29, 1.82) is 0 Å².